The van der Waals surface area contributed by atoms with Crippen LogP contribution in [0.5, 0.6) is 0 Å². The molecule has 2 aromatic carbocycles. The van der Waals surface area contributed by atoms with Crippen LogP contribution in [-0.4, -0.2) is 20.9 Å². The molecule has 0 atom stereocenters. The third kappa shape index (κ3) is 4.00. The zero-order valence-corrected chi connectivity index (χ0v) is 13.5. The summed E-state index contributed by atoms with van der Waals surface area (Å²) in [6.45, 7) is -0.191. The minimum Gasteiger partial charge on any atom is -0.370 e. The second kappa shape index (κ2) is 6.97. The molecule has 2 N–H and O–H groups in total. The predicted octanol–water partition coefficient (Wildman–Crippen LogP) is 2.55. The number of carbonyl (C=O) groups is 1. The predicted molar refractivity (Wildman–Crippen MR) is 86.2 cm³/mol. The van der Waals surface area contributed by atoms with E-state index in [1.165, 1.54) is 6.07 Å². The Morgan fingerprint density at radius 2 is 1.83 bits per heavy atom. The zero-order chi connectivity index (χ0) is 17.0. The van der Waals surface area contributed by atoms with E-state index in [-0.39, 0.29) is 18.0 Å². The number of sulfonamides is 1. The van der Waals surface area contributed by atoms with Gasteiger partial charge in [0, 0.05) is 18.0 Å². The van der Waals surface area contributed by atoms with E-state index < -0.39 is 26.6 Å². The van der Waals surface area contributed by atoms with E-state index in [0.717, 1.165) is 16.4 Å². The number of nitrogens with two attached hydrogens (primary N) is 1. The highest BCUT2D eigenvalue weighted by Crippen LogP contribution is 2.27. The summed E-state index contributed by atoms with van der Waals surface area (Å²) in [5.41, 5.74) is 5.41. The molecule has 0 aliphatic heterocycles. The lowest BCUT2D eigenvalue weighted by atomic mass is 10.3. The van der Waals surface area contributed by atoms with Crippen LogP contribution in [0.25, 0.3) is 0 Å². The normalized spacial score (nSPS) is 11.2. The lowest BCUT2D eigenvalue weighted by Crippen LogP contribution is -2.34. The Morgan fingerprint density at radius 3 is 2.39 bits per heavy atom. The van der Waals surface area contributed by atoms with Crippen LogP contribution in [0.15, 0.2) is 53.4 Å². The van der Waals surface area contributed by atoms with E-state index in [0.29, 0.717) is 5.69 Å². The molecule has 0 unspecified atom stereocenters. The largest absolute Gasteiger partial charge is 0.370 e. The number of hydrogen-bond acceptors (Lipinski definition) is 3. The van der Waals surface area contributed by atoms with Crippen molar-refractivity contribution in [2.75, 3.05) is 10.8 Å². The summed E-state index contributed by atoms with van der Waals surface area (Å²) in [5, 5.41) is 0.0878. The fourth-order valence-electron chi connectivity index (χ4n) is 2.00. The van der Waals surface area contributed by atoms with E-state index in [2.05, 4.69) is 0 Å². The molecule has 1 amide bonds. The minimum atomic E-state index is -4.21. The summed E-state index contributed by atoms with van der Waals surface area (Å²) < 4.78 is 40.5. The average molecular weight is 357 g/mol. The first-order chi connectivity index (χ1) is 10.8. The van der Waals surface area contributed by atoms with Crippen molar-refractivity contribution in [3.8, 4) is 0 Å². The summed E-state index contributed by atoms with van der Waals surface area (Å²) in [4.78, 5) is 10.5. The van der Waals surface area contributed by atoms with Crippen molar-refractivity contribution in [2.45, 2.75) is 11.3 Å². The van der Waals surface area contributed by atoms with Crippen molar-refractivity contribution in [1.29, 1.82) is 0 Å². The molecule has 0 heterocycles. The Balaban J connectivity index is 2.50. The van der Waals surface area contributed by atoms with Gasteiger partial charge in [0.25, 0.3) is 10.0 Å². The Labute approximate surface area is 138 Å². The molecule has 0 spiro atoms. The van der Waals surface area contributed by atoms with Crippen LogP contribution in [0, 0.1) is 5.82 Å². The van der Waals surface area contributed by atoms with Gasteiger partial charge in [-0.15, -0.1) is 0 Å². The Hall–Kier alpha value is -2.12. The first-order valence-corrected chi connectivity index (χ1v) is 8.45. The van der Waals surface area contributed by atoms with Gasteiger partial charge in [-0.3, -0.25) is 9.10 Å². The van der Waals surface area contributed by atoms with Gasteiger partial charge in [-0.1, -0.05) is 29.8 Å². The molecular formula is C15H14ClFN2O3S. The maximum Gasteiger partial charge on any atom is 0.267 e. The first-order valence-electron chi connectivity index (χ1n) is 6.63. The topological polar surface area (TPSA) is 80.5 Å². The van der Waals surface area contributed by atoms with Gasteiger partial charge < -0.3 is 5.73 Å². The number of carbonyl (C=O) groups excluding carboxylic acids is 1. The van der Waals surface area contributed by atoms with E-state index in [4.69, 9.17) is 17.3 Å². The number of hydrogen-bond donors (Lipinski definition) is 1. The summed E-state index contributed by atoms with van der Waals surface area (Å²) in [6.07, 6.45) is -0.191. The second-order valence-corrected chi connectivity index (χ2v) is 6.97. The molecule has 0 aromatic heterocycles. The molecule has 2 rings (SSSR count). The number of primary amides is 1. The highest BCUT2D eigenvalue weighted by Gasteiger charge is 2.28. The van der Waals surface area contributed by atoms with Gasteiger partial charge in [0.15, 0.2) is 0 Å². The first kappa shape index (κ1) is 17.2. The van der Waals surface area contributed by atoms with Gasteiger partial charge >= 0.3 is 0 Å². The standard InChI is InChI=1S/C15H14ClFN2O3S/c16-11-6-7-14(13(17)10-11)23(21,22)19(9-8-15(18)20)12-4-2-1-3-5-12/h1-7,10H,8-9H2,(H2,18,20). The van der Waals surface area contributed by atoms with Gasteiger partial charge in [-0.25, -0.2) is 12.8 Å². The quantitative estimate of drug-likeness (QED) is 0.863. The summed E-state index contributed by atoms with van der Waals surface area (Å²) in [7, 11) is -4.21. The summed E-state index contributed by atoms with van der Waals surface area (Å²) in [6, 6.07) is 11.4. The molecule has 23 heavy (non-hydrogen) atoms. The van der Waals surface area contributed by atoms with Crippen molar-refractivity contribution in [3.63, 3.8) is 0 Å². The molecular weight excluding hydrogens is 343 g/mol. The van der Waals surface area contributed by atoms with Crippen molar-refractivity contribution in [1.82, 2.24) is 0 Å². The molecule has 0 aliphatic carbocycles. The molecule has 0 radical (unpaired) electrons. The smallest absolute Gasteiger partial charge is 0.267 e. The maximum absolute atomic E-state index is 14.0. The Morgan fingerprint density at radius 1 is 1.17 bits per heavy atom. The number of benzene rings is 2. The monoisotopic (exact) mass is 356 g/mol. The highest BCUT2D eigenvalue weighted by atomic mass is 35.5. The van der Waals surface area contributed by atoms with Crippen LogP contribution in [0.2, 0.25) is 5.02 Å². The van der Waals surface area contributed by atoms with Gasteiger partial charge in [-0.05, 0) is 30.3 Å². The number of para-hydroxylation sites is 1. The molecule has 122 valence electrons. The highest BCUT2D eigenvalue weighted by molar-refractivity contribution is 7.92. The molecule has 0 fully saturated rings. The van der Waals surface area contributed by atoms with Gasteiger partial charge in [0.1, 0.15) is 10.7 Å². The van der Waals surface area contributed by atoms with E-state index in [1.807, 2.05) is 0 Å². The van der Waals surface area contributed by atoms with Crippen LogP contribution in [0.3, 0.4) is 0 Å². The minimum absolute atomic E-state index is 0.0878. The van der Waals surface area contributed by atoms with Crippen LogP contribution in [-0.2, 0) is 14.8 Å². The SMILES string of the molecule is NC(=O)CCN(c1ccccc1)S(=O)(=O)c1ccc(Cl)cc1F. The number of nitrogens with zero attached hydrogens (tertiary/aromatic N) is 1. The zero-order valence-electron chi connectivity index (χ0n) is 11.9. The summed E-state index contributed by atoms with van der Waals surface area (Å²) in [5.74, 6) is -1.62. The number of halogens is 2. The maximum atomic E-state index is 14.0. The van der Waals surface area contributed by atoms with Crippen molar-refractivity contribution in [3.05, 3.63) is 59.4 Å². The lowest BCUT2D eigenvalue weighted by Gasteiger charge is -2.24. The number of rotatable bonds is 6. The molecule has 2 aromatic rings. The van der Waals surface area contributed by atoms with Crippen LogP contribution in [0.4, 0.5) is 10.1 Å². The second-order valence-electron chi connectivity index (χ2n) is 4.70. The van der Waals surface area contributed by atoms with Crippen molar-refractivity contribution >= 4 is 33.2 Å². The number of amides is 1. The third-order valence-corrected chi connectivity index (χ3v) is 5.16. The molecule has 0 aliphatic rings. The van der Waals surface area contributed by atoms with E-state index in [1.54, 1.807) is 30.3 Å². The van der Waals surface area contributed by atoms with Crippen molar-refractivity contribution < 1.29 is 17.6 Å². The summed E-state index contributed by atoms with van der Waals surface area (Å²) >= 11 is 5.66. The van der Waals surface area contributed by atoms with Crippen molar-refractivity contribution in [2.24, 2.45) is 5.73 Å². The fraction of sp³-hybridized carbons (Fsp3) is 0.133. The lowest BCUT2D eigenvalue weighted by molar-refractivity contribution is -0.117. The van der Waals surface area contributed by atoms with E-state index >= 15 is 0 Å². The molecule has 0 saturated heterocycles. The average Bonchev–Trinajstić information content (AvgIpc) is 2.47. The van der Waals surface area contributed by atoms with E-state index in [9.17, 15) is 17.6 Å². The van der Waals surface area contributed by atoms with Gasteiger partial charge in [0.2, 0.25) is 5.91 Å². The van der Waals surface area contributed by atoms with Crippen LogP contribution >= 0.6 is 11.6 Å². The Kier molecular flexibility index (Phi) is 5.23. The third-order valence-electron chi connectivity index (χ3n) is 3.07. The Bertz CT molecular complexity index is 813. The molecule has 5 nitrogen and oxygen atoms in total. The van der Waals surface area contributed by atoms with Crippen LogP contribution < -0.4 is 10.0 Å². The molecule has 8 heteroatoms. The molecule has 0 saturated carbocycles. The van der Waals surface area contributed by atoms with Crippen LogP contribution in [0.1, 0.15) is 6.42 Å². The number of anilines is 1. The van der Waals surface area contributed by atoms with Gasteiger partial charge in [0.05, 0.1) is 5.69 Å². The van der Waals surface area contributed by atoms with Gasteiger partial charge in [-0.2, -0.15) is 0 Å². The fourth-order valence-corrected chi connectivity index (χ4v) is 3.67. The molecule has 0 bridgehead atoms.